The van der Waals surface area contributed by atoms with Crippen LogP contribution in [0.4, 0.5) is 19.3 Å². The van der Waals surface area contributed by atoms with Crippen LogP contribution in [0.2, 0.25) is 0 Å². The Kier molecular flexibility index (Phi) is 5.64. The van der Waals surface area contributed by atoms with Crippen molar-refractivity contribution in [3.8, 4) is 11.8 Å². The van der Waals surface area contributed by atoms with Crippen LogP contribution in [0, 0.1) is 11.3 Å². The second kappa shape index (κ2) is 8.16. The van der Waals surface area contributed by atoms with Gasteiger partial charge >= 0.3 is 12.6 Å². The number of hydrogen-bond acceptors (Lipinski definition) is 5. The maximum atomic E-state index is 12.9. The number of nitrogens with zero attached hydrogens (tertiary/aromatic N) is 2. The third-order valence-electron chi connectivity index (χ3n) is 4.56. The van der Waals surface area contributed by atoms with Gasteiger partial charge in [-0.1, -0.05) is 24.3 Å². The van der Waals surface area contributed by atoms with E-state index in [1.807, 2.05) is 6.07 Å². The van der Waals surface area contributed by atoms with E-state index in [0.717, 1.165) is 4.90 Å². The fraction of sp³-hybridized carbons (Fsp3) is 0.200. The van der Waals surface area contributed by atoms with Gasteiger partial charge in [0.05, 0.1) is 11.3 Å². The average Bonchev–Trinajstić information content (AvgIpc) is 2.92. The molecule has 1 aliphatic heterocycles. The minimum atomic E-state index is -2.99. The lowest BCUT2D eigenvalue weighted by atomic mass is 9.92. The molecule has 154 valence electrons. The third kappa shape index (κ3) is 4.05. The number of urea groups is 1. The van der Waals surface area contributed by atoms with Crippen LogP contribution >= 0.6 is 0 Å². The summed E-state index contributed by atoms with van der Waals surface area (Å²) in [7, 11) is 0. The highest BCUT2D eigenvalue weighted by atomic mass is 19.3. The highest BCUT2D eigenvalue weighted by Crippen LogP contribution is 2.30. The molecule has 2 aromatic carbocycles. The zero-order chi connectivity index (χ0) is 21.9. The van der Waals surface area contributed by atoms with Gasteiger partial charge in [0, 0.05) is 0 Å². The van der Waals surface area contributed by atoms with Crippen LogP contribution in [-0.2, 0) is 15.1 Å². The minimum Gasteiger partial charge on any atom is -0.435 e. The van der Waals surface area contributed by atoms with Crippen LogP contribution < -0.4 is 15.4 Å². The van der Waals surface area contributed by atoms with Gasteiger partial charge in [-0.3, -0.25) is 14.5 Å². The number of amides is 4. The zero-order valence-corrected chi connectivity index (χ0v) is 15.7. The van der Waals surface area contributed by atoms with Crippen LogP contribution in [0.1, 0.15) is 18.1 Å². The number of carbonyl (C=O) groups is 3. The molecule has 0 spiro atoms. The number of carbonyl (C=O) groups excluding carboxylic acids is 3. The first-order valence-corrected chi connectivity index (χ1v) is 8.73. The standard InChI is InChI=1S/C20H16F2N4O4/c1-20(13-6-8-14(9-7-13)30-18(21)22)17(28)26(19(29)25-20)11-16(27)24-15-5-3-2-4-12(15)10-23/h2-9,18H,11H2,1H3,(H,24,27)(H,25,29)/t20-/m1/s1. The number of imide groups is 1. The molecule has 3 rings (SSSR count). The summed E-state index contributed by atoms with van der Waals surface area (Å²) in [5.74, 6) is -1.44. The van der Waals surface area contributed by atoms with Crippen LogP contribution in [0.3, 0.4) is 0 Å². The second-order valence-corrected chi connectivity index (χ2v) is 6.55. The Hall–Kier alpha value is -4.00. The third-order valence-corrected chi connectivity index (χ3v) is 4.56. The molecule has 2 aromatic rings. The van der Waals surface area contributed by atoms with Crippen LogP contribution in [0.25, 0.3) is 0 Å². The van der Waals surface area contributed by atoms with Gasteiger partial charge < -0.3 is 15.4 Å². The van der Waals surface area contributed by atoms with Crippen molar-refractivity contribution < 1.29 is 27.9 Å². The Morgan fingerprint density at radius 2 is 1.90 bits per heavy atom. The van der Waals surface area contributed by atoms with Crippen LogP contribution in [-0.4, -0.2) is 35.9 Å². The van der Waals surface area contributed by atoms with E-state index < -0.39 is 36.5 Å². The molecule has 0 unspecified atom stereocenters. The first-order chi connectivity index (χ1) is 14.2. The lowest BCUT2D eigenvalue weighted by Crippen LogP contribution is -2.42. The highest BCUT2D eigenvalue weighted by molar-refractivity contribution is 6.10. The largest absolute Gasteiger partial charge is 0.435 e. The number of ether oxygens (including phenoxy) is 1. The number of anilines is 1. The monoisotopic (exact) mass is 414 g/mol. The van der Waals surface area contributed by atoms with Crippen molar-refractivity contribution in [2.75, 3.05) is 11.9 Å². The molecule has 1 saturated heterocycles. The fourth-order valence-corrected chi connectivity index (χ4v) is 3.03. The second-order valence-electron chi connectivity index (χ2n) is 6.55. The van der Waals surface area contributed by atoms with Crippen molar-refractivity contribution in [1.82, 2.24) is 10.2 Å². The molecule has 0 saturated carbocycles. The Morgan fingerprint density at radius 1 is 1.23 bits per heavy atom. The summed E-state index contributed by atoms with van der Waals surface area (Å²) in [5.41, 5.74) is -0.653. The Balaban J connectivity index is 1.74. The smallest absolute Gasteiger partial charge is 0.387 e. The summed E-state index contributed by atoms with van der Waals surface area (Å²) >= 11 is 0. The SMILES string of the molecule is C[C@]1(c2ccc(OC(F)F)cc2)NC(=O)N(CC(=O)Nc2ccccc2C#N)C1=O. The molecule has 0 radical (unpaired) electrons. The van der Waals surface area contributed by atoms with Gasteiger partial charge in [-0.15, -0.1) is 0 Å². The van der Waals surface area contributed by atoms with E-state index in [4.69, 9.17) is 5.26 Å². The predicted octanol–water partition coefficient (Wildman–Crippen LogP) is 2.57. The molecule has 1 atom stereocenters. The number of rotatable bonds is 6. The predicted molar refractivity (Wildman–Crippen MR) is 100 cm³/mol. The van der Waals surface area contributed by atoms with Crippen LogP contribution in [0.15, 0.2) is 48.5 Å². The topological polar surface area (TPSA) is 112 Å². The van der Waals surface area contributed by atoms with Gasteiger partial charge in [0.2, 0.25) is 5.91 Å². The number of nitrogens with one attached hydrogen (secondary N) is 2. The highest BCUT2D eigenvalue weighted by Gasteiger charge is 2.49. The van der Waals surface area contributed by atoms with E-state index in [1.54, 1.807) is 12.1 Å². The Bertz CT molecular complexity index is 1040. The molecular weight excluding hydrogens is 398 g/mol. The van der Waals surface area contributed by atoms with Crippen molar-refractivity contribution in [3.63, 3.8) is 0 Å². The van der Waals surface area contributed by atoms with E-state index in [1.165, 1.54) is 43.3 Å². The lowest BCUT2D eigenvalue weighted by molar-refractivity contribution is -0.133. The summed E-state index contributed by atoms with van der Waals surface area (Å²) in [6.45, 7) is -2.11. The normalized spacial score (nSPS) is 18.2. The van der Waals surface area contributed by atoms with Crippen molar-refractivity contribution >= 4 is 23.5 Å². The summed E-state index contributed by atoms with van der Waals surface area (Å²) in [4.78, 5) is 38.3. The number of para-hydroxylation sites is 1. The van der Waals surface area contributed by atoms with Gasteiger partial charge in [0.25, 0.3) is 5.91 Å². The van der Waals surface area contributed by atoms with E-state index in [9.17, 15) is 23.2 Å². The molecule has 0 aliphatic carbocycles. The van der Waals surface area contributed by atoms with E-state index in [0.29, 0.717) is 5.56 Å². The number of hydrogen-bond donors (Lipinski definition) is 2. The molecule has 2 N–H and O–H groups in total. The zero-order valence-electron chi connectivity index (χ0n) is 15.7. The summed E-state index contributed by atoms with van der Waals surface area (Å²) in [6, 6.07) is 12.7. The average molecular weight is 414 g/mol. The fourth-order valence-electron chi connectivity index (χ4n) is 3.03. The van der Waals surface area contributed by atoms with Gasteiger partial charge in [-0.05, 0) is 36.8 Å². The molecule has 30 heavy (non-hydrogen) atoms. The van der Waals surface area contributed by atoms with Crippen LogP contribution in [0.5, 0.6) is 5.75 Å². The molecule has 0 bridgehead atoms. The number of halogens is 2. The van der Waals surface area contributed by atoms with E-state index in [2.05, 4.69) is 15.4 Å². The molecule has 4 amide bonds. The maximum absolute atomic E-state index is 12.9. The van der Waals surface area contributed by atoms with Gasteiger partial charge in [-0.25, -0.2) is 4.79 Å². The molecule has 1 heterocycles. The Morgan fingerprint density at radius 3 is 2.53 bits per heavy atom. The number of nitriles is 1. The van der Waals surface area contributed by atoms with E-state index >= 15 is 0 Å². The molecule has 8 nitrogen and oxygen atoms in total. The minimum absolute atomic E-state index is 0.0958. The molecule has 0 aromatic heterocycles. The first-order valence-electron chi connectivity index (χ1n) is 8.73. The maximum Gasteiger partial charge on any atom is 0.387 e. The first kappa shape index (κ1) is 20.7. The lowest BCUT2D eigenvalue weighted by Gasteiger charge is -2.22. The molecule has 1 fully saturated rings. The van der Waals surface area contributed by atoms with Gasteiger partial charge in [0.1, 0.15) is 23.9 Å². The van der Waals surface area contributed by atoms with Crippen molar-refractivity contribution in [2.45, 2.75) is 19.1 Å². The van der Waals surface area contributed by atoms with E-state index in [-0.39, 0.29) is 17.0 Å². The summed E-state index contributed by atoms with van der Waals surface area (Å²) < 4.78 is 28.9. The summed E-state index contributed by atoms with van der Waals surface area (Å²) in [5, 5.41) is 14.1. The van der Waals surface area contributed by atoms with Crippen molar-refractivity contribution in [1.29, 1.82) is 5.26 Å². The number of alkyl halides is 2. The quantitative estimate of drug-likeness (QED) is 0.706. The van der Waals surface area contributed by atoms with Crippen molar-refractivity contribution in [3.05, 3.63) is 59.7 Å². The Labute approximate surface area is 170 Å². The molecule has 1 aliphatic rings. The van der Waals surface area contributed by atoms with Gasteiger partial charge in [0.15, 0.2) is 0 Å². The molecular formula is C20H16F2N4O4. The van der Waals surface area contributed by atoms with Crippen molar-refractivity contribution in [2.24, 2.45) is 0 Å². The summed E-state index contributed by atoms with van der Waals surface area (Å²) in [6.07, 6.45) is 0. The van der Waals surface area contributed by atoms with Gasteiger partial charge in [-0.2, -0.15) is 14.0 Å². The molecule has 10 heteroatoms. The number of benzene rings is 2.